The molecule has 0 bridgehead atoms. The first-order valence-electron chi connectivity index (χ1n) is 8.30. The van der Waals surface area contributed by atoms with Gasteiger partial charge in [-0.1, -0.05) is 47.5 Å². The summed E-state index contributed by atoms with van der Waals surface area (Å²) in [4.78, 5) is 9.97. The summed E-state index contributed by atoms with van der Waals surface area (Å²) in [6.45, 7) is 2.03. The van der Waals surface area contributed by atoms with Crippen molar-refractivity contribution < 1.29 is 0 Å². The number of benzene rings is 2. The lowest BCUT2D eigenvalue weighted by Crippen LogP contribution is -2.13. The van der Waals surface area contributed by atoms with Crippen molar-refractivity contribution in [2.75, 3.05) is 0 Å². The Morgan fingerprint density at radius 3 is 2.52 bits per heavy atom. The third kappa shape index (κ3) is 3.83. The van der Waals surface area contributed by atoms with E-state index in [1.54, 1.807) is 17.5 Å². The Balaban J connectivity index is 1.96. The van der Waals surface area contributed by atoms with Crippen molar-refractivity contribution in [2.45, 2.75) is 6.92 Å². The van der Waals surface area contributed by atoms with E-state index >= 15 is 0 Å². The third-order valence-corrected chi connectivity index (χ3v) is 5.61. The molecule has 3 nitrogen and oxygen atoms in total. The quantitative estimate of drug-likeness (QED) is 0.380. The lowest BCUT2D eigenvalue weighted by Gasteiger charge is -2.10. The van der Waals surface area contributed by atoms with E-state index in [2.05, 4.69) is 27.1 Å². The van der Waals surface area contributed by atoms with Gasteiger partial charge in [-0.15, -0.1) is 11.3 Å². The molecule has 0 aliphatic heterocycles. The minimum Gasteiger partial charge on any atom is -0.285 e. The fourth-order valence-corrected chi connectivity index (χ4v) is 3.96. The van der Waals surface area contributed by atoms with Gasteiger partial charge in [0.05, 0.1) is 15.7 Å². The van der Waals surface area contributed by atoms with Crippen molar-refractivity contribution in [3.63, 3.8) is 0 Å². The third-order valence-electron chi connectivity index (χ3n) is 4.05. The summed E-state index contributed by atoms with van der Waals surface area (Å²) in [5, 5.41) is 3.14. The number of aromatic nitrogens is 2. The zero-order valence-corrected chi connectivity index (χ0v) is 16.8. The maximum atomic E-state index is 6.24. The van der Waals surface area contributed by atoms with E-state index in [0.29, 0.717) is 15.9 Å². The molecule has 27 heavy (non-hydrogen) atoms. The van der Waals surface area contributed by atoms with Crippen LogP contribution in [0.2, 0.25) is 10.0 Å². The number of nitrogens with zero attached hydrogens (tertiary/aromatic N) is 3. The summed E-state index contributed by atoms with van der Waals surface area (Å²) in [6, 6.07) is 19.7. The van der Waals surface area contributed by atoms with Gasteiger partial charge in [0, 0.05) is 22.8 Å². The van der Waals surface area contributed by atoms with E-state index in [-0.39, 0.29) is 0 Å². The number of para-hydroxylation sites is 1. The fourth-order valence-electron chi connectivity index (χ4n) is 2.75. The van der Waals surface area contributed by atoms with E-state index in [0.717, 1.165) is 27.3 Å². The van der Waals surface area contributed by atoms with Crippen molar-refractivity contribution in [3.05, 3.63) is 92.7 Å². The molecule has 134 valence electrons. The molecule has 0 fully saturated rings. The summed E-state index contributed by atoms with van der Waals surface area (Å²) in [5.74, 6) is 0.683. The highest BCUT2D eigenvalue weighted by Crippen LogP contribution is 2.30. The predicted molar refractivity (Wildman–Crippen MR) is 113 cm³/mol. The zero-order valence-electron chi connectivity index (χ0n) is 14.4. The number of halogens is 2. The summed E-state index contributed by atoms with van der Waals surface area (Å²) >= 11 is 13.9. The van der Waals surface area contributed by atoms with Gasteiger partial charge < -0.3 is 0 Å². The number of pyridine rings is 1. The molecule has 0 radical (unpaired) electrons. The Bertz CT molecular complexity index is 1160. The molecule has 2 aromatic carbocycles. The van der Waals surface area contributed by atoms with Crippen molar-refractivity contribution in [1.82, 2.24) is 9.55 Å². The van der Waals surface area contributed by atoms with Gasteiger partial charge in [-0.3, -0.25) is 4.57 Å². The van der Waals surface area contributed by atoms with Gasteiger partial charge in [0.1, 0.15) is 0 Å². The second-order valence-corrected chi connectivity index (χ2v) is 7.66. The molecule has 0 aliphatic carbocycles. The van der Waals surface area contributed by atoms with E-state index in [1.165, 1.54) is 0 Å². The van der Waals surface area contributed by atoms with Crippen LogP contribution in [0.1, 0.15) is 5.56 Å². The minimum absolute atomic E-state index is 0.527. The van der Waals surface area contributed by atoms with Gasteiger partial charge in [0.2, 0.25) is 0 Å². The Morgan fingerprint density at radius 1 is 0.963 bits per heavy atom. The van der Waals surface area contributed by atoms with Gasteiger partial charge in [-0.25, -0.2) is 9.98 Å². The monoisotopic (exact) mass is 411 g/mol. The zero-order chi connectivity index (χ0) is 18.8. The van der Waals surface area contributed by atoms with Crippen LogP contribution in [-0.2, 0) is 0 Å². The maximum Gasteiger partial charge on any atom is 0.196 e. The lowest BCUT2D eigenvalue weighted by atomic mass is 10.1. The molecule has 4 rings (SSSR count). The molecule has 6 heteroatoms. The first-order valence-corrected chi connectivity index (χ1v) is 9.94. The van der Waals surface area contributed by atoms with Crippen LogP contribution in [0.5, 0.6) is 0 Å². The summed E-state index contributed by atoms with van der Waals surface area (Å²) in [7, 11) is 0. The molecular formula is C21H15Cl2N3S. The van der Waals surface area contributed by atoms with Crippen LogP contribution in [0.3, 0.4) is 0 Å². The van der Waals surface area contributed by atoms with Gasteiger partial charge in [-0.05, 0) is 48.9 Å². The van der Waals surface area contributed by atoms with Crippen LogP contribution in [0.15, 0.2) is 77.2 Å². The van der Waals surface area contributed by atoms with Gasteiger partial charge in [0.25, 0.3) is 0 Å². The smallest absolute Gasteiger partial charge is 0.196 e. The van der Waals surface area contributed by atoms with Crippen molar-refractivity contribution in [1.29, 1.82) is 0 Å². The second kappa shape index (κ2) is 7.69. The summed E-state index contributed by atoms with van der Waals surface area (Å²) in [6.07, 6.45) is 1.77. The second-order valence-electron chi connectivity index (χ2n) is 6.01. The molecule has 0 atom stereocenters. The number of hydrogen-bond donors (Lipinski definition) is 0. The molecule has 0 spiro atoms. The van der Waals surface area contributed by atoms with Crippen molar-refractivity contribution >= 4 is 40.4 Å². The Kier molecular flexibility index (Phi) is 5.12. The topological polar surface area (TPSA) is 30.2 Å². The number of rotatable bonds is 3. The number of thiazole rings is 1. The summed E-state index contributed by atoms with van der Waals surface area (Å²) < 4.78 is 2.11. The molecule has 0 N–H and O–H groups in total. The molecule has 0 saturated carbocycles. The normalized spacial score (nSPS) is 11.7. The lowest BCUT2D eigenvalue weighted by molar-refractivity contribution is 1.00. The van der Waals surface area contributed by atoms with Crippen LogP contribution < -0.4 is 4.80 Å². The molecule has 4 aromatic rings. The number of hydrogen-bond acceptors (Lipinski definition) is 3. The van der Waals surface area contributed by atoms with Crippen molar-refractivity contribution in [3.8, 4) is 16.9 Å². The highest BCUT2D eigenvalue weighted by molar-refractivity contribution is 7.07. The highest BCUT2D eigenvalue weighted by atomic mass is 35.5. The predicted octanol–water partition coefficient (Wildman–Crippen LogP) is 6.45. The average molecular weight is 412 g/mol. The fraction of sp³-hybridized carbons (Fsp3) is 0.0476. The van der Waals surface area contributed by atoms with Gasteiger partial charge in [-0.2, -0.15) is 0 Å². The van der Waals surface area contributed by atoms with E-state index < -0.39 is 0 Å². The molecule has 0 unspecified atom stereocenters. The Labute approximate surface area is 171 Å². The Morgan fingerprint density at radius 2 is 1.78 bits per heavy atom. The standard InChI is InChI=1S/C21H15Cl2N3S/c1-14-9-10-24-20(11-14)25-21-26(16-5-3-2-4-6-16)19(13-27-21)15-7-8-17(22)18(23)12-15/h2-13H,1H3. The molecule has 0 amide bonds. The minimum atomic E-state index is 0.527. The van der Waals surface area contributed by atoms with E-state index in [9.17, 15) is 0 Å². The average Bonchev–Trinajstić information content (AvgIpc) is 3.08. The first-order chi connectivity index (χ1) is 13.1. The van der Waals surface area contributed by atoms with Crippen LogP contribution in [-0.4, -0.2) is 9.55 Å². The van der Waals surface area contributed by atoms with Crippen LogP contribution in [0.25, 0.3) is 16.9 Å². The maximum absolute atomic E-state index is 6.24. The van der Waals surface area contributed by atoms with Crippen molar-refractivity contribution in [2.24, 2.45) is 4.99 Å². The Hall–Kier alpha value is -2.40. The van der Waals surface area contributed by atoms with E-state index in [4.69, 9.17) is 28.2 Å². The molecule has 2 heterocycles. The highest BCUT2D eigenvalue weighted by Gasteiger charge is 2.12. The molecule has 0 aliphatic rings. The molecule has 0 saturated heterocycles. The first kappa shape index (κ1) is 18.0. The molecular weight excluding hydrogens is 397 g/mol. The van der Waals surface area contributed by atoms with Crippen LogP contribution >= 0.6 is 34.5 Å². The van der Waals surface area contributed by atoms with E-state index in [1.807, 2.05) is 55.5 Å². The largest absolute Gasteiger partial charge is 0.285 e. The summed E-state index contributed by atoms with van der Waals surface area (Å²) in [5.41, 5.74) is 4.11. The number of aryl methyl sites for hydroxylation is 1. The van der Waals surface area contributed by atoms with Crippen LogP contribution in [0.4, 0.5) is 5.82 Å². The van der Waals surface area contributed by atoms with Crippen LogP contribution in [0, 0.1) is 6.92 Å². The van der Waals surface area contributed by atoms with Gasteiger partial charge in [0.15, 0.2) is 10.6 Å². The SMILES string of the molecule is Cc1ccnc(N=c2scc(-c3ccc(Cl)c(Cl)c3)n2-c2ccccc2)c1. The molecule has 2 aromatic heterocycles. The van der Waals surface area contributed by atoms with Gasteiger partial charge >= 0.3 is 0 Å².